The topological polar surface area (TPSA) is 99.5 Å². The smallest absolute Gasteiger partial charge is 0.266 e. The molecular formula is C32H34N2O6. The molecule has 3 aromatic rings. The van der Waals surface area contributed by atoms with E-state index in [1.807, 2.05) is 36.4 Å². The Hall–Kier alpha value is -3.40. The zero-order valence-corrected chi connectivity index (χ0v) is 22.5. The van der Waals surface area contributed by atoms with Crippen molar-refractivity contribution in [3.8, 4) is 0 Å². The lowest BCUT2D eigenvalue weighted by atomic mass is 9.90. The summed E-state index contributed by atoms with van der Waals surface area (Å²) in [5.74, 6) is -0.625. The van der Waals surface area contributed by atoms with Gasteiger partial charge in [-0.3, -0.25) is 14.5 Å². The lowest BCUT2D eigenvalue weighted by molar-refractivity contribution is -0.276. The Morgan fingerprint density at radius 2 is 1.50 bits per heavy atom. The molecular weight excluding hydrogens is 508 g/mol. The maximum atomic E-state index is 13.0. The Labute approximate surface area is 233 Å². The number of aliphatic hydroxyl groups is 2. The number of benzene rings is 3. The molecule has 2 N–H and O–H groups in total. The average molecular weight is 543 g/mol. The van der Waals surface area contributed by atoms with Crippen LogP contribution in [0.1, 0.15) is 69.6 Å². The van der Waals surface area contributed by atoms with Crippen molar-refractivity contribution in [1.82, 2.24) is 4.90 Å². The molecule has 0 bridgehead atoms. The molecule has 2 amide bonds. The molecule has 0 aromatic heterocycles. The first-order valence-electron chi connectivity index (χ1n) is 13.9. The summed E-state index contributed by atoms with van der Waals surface area (Å²) < 4.78 is 13.1. The SMILES string of the molecule is CC1C(CN2CCCC2CO)OC(c2ccc(N3C(=O)c4ccccc4C3=O)cc2)OC1c1ccc(CO)cc1. The summed E-state index contributed by atoms with van der Waals surface area (Å²) in [5.41, 5.74) is 3.94. The van der Waals surface area contributed by atoms with E-state index in [0.29, 0.717) is 23.4 Å². The third kappa shape index (κ3) is 4.87. The monoisotopic (exact) mass is 542 g/mol. The van der Waals surface area contributed by atoms with Crippen molar-refractivity contribution in [2.75, 3.05) is 24.6 Å². The number of imide groups is 1. The Kier molecular flexibility index (Phi) is 7.53. The molecule has 0 spiro atoms. The van der Waals surface area contributed by atoms with Gasteiger partial charge in [-0.05, 0) is 54.8 Å². The maximum absolute atomic E-state index is 13.0. The molecule has 8 nitrogen and oxygen atoms in total. The van der Waals surface area contributed by atoms with Crippen LogP contribution in [0.15, 0.2) is 72.8 Å². The van der Waals surface area contributed by atoms with Crippen LogP contribution in [0.4, 0.5) is 5.69 Å². The Balaban J connectivity index is 1.26. The number of nitrogens with zero attached hydrogens (tertiary/aromatic N) is 2. The summed E-state index contributed by atoms with van der Waals surface area (Å²) >= 11 is 0. The molecule has 5 unspecified atom stereocenters. The Bertz CT molecular complexity index is 1340. The number of rotatable bonds is 7. The van der Waals surface area contributed by atoms with Gasteiger partial charge in [-0.1, -0.05) is 55.5 Å². The van der Waals surface area contributed by atoms with Gasteiger partial charge in [0.1, 0.15) is 0 Å². The van der Waals surface area contributed by atoms with Gasteiger partial charge >= 0.3 is 0 Å². The van der Waals surface area contributed by atoms with Gasteiger partial charge in [0.2, 0.25) is 0 Å². The number of likely N-dealkylation sites (tertiary alicyclic amines) is 1. The van der Waals surface area contributed by atoms with Crippen LogP contribution in [0.25, 0.3) is 0 Å². The Morgan fingerprint density at radius 1 is 0.850 bits per heavy atom. The number of ether oxygens (including phenoxy) is 2. The quantitative estimate of drug-likeness (QED) is 0.431. The van der Waals surface area contributed by atoms with Crippen molar-refractivity contribution in [3.63, 3.8) is 0 Å². The molecule has 2 saturated heterocycles. The molecule has 40 heavy (non-hydrogen) atoms. The predicted octanol–water partition coefficient (Wildman–Crippen LogP) is 4.23. The first kappa shape index (κ1) is 26.8. The number of fused-ring (bicyclic) bond motifs is 1. The fourth-order valence-corrected chi connectivity index (χ4v) is 6.11. The van der Waals surface area contributed by atoms with Crippen LogP contribution < -0.4 is 4.90 Å². The van der Waals surface area contributed by atoms with Crippen LogP contribution in [-0.4, -0.2) is 58.8 Å². The first-order valence-corrected chi connectivity index (χ1v) is 13.9. The molecule has 0 saturated carbocycles. The number of amides is 2. The second kappa shape index (κ2) is 11.2. The highest BCUT2D eigenvalue weighted by Crippen LogP contribution is 2.42. The number of hydrogen-bond donors (Lipinski definition) is 2. The van der Waals surface area contributed by atoms with E-state index in [-0.39, 0.29) is 49.2 Å². The molecule has 6 rings (SSSR count). The minimum Gasteiger partial charge on any atom is -0.395 e. The molecule has 3 heterocycles. The largest absolute Gasteiger partial charge is 0.395 e. The summed E-state index contributed by atoms with van der Waals surface area (Å²) in [6.07, 6.45) is 0.975. The number of aliphatic hydroxyl groups excluding tert-OH is 2. The molecule has 8 heteroatoms. The molecule has 3 aliphatic heterocycles. The van der Waals surface area contributed by atoms with E-state index in [1.165, 1.54) is 4.90 Å². The van der Waals surface area contributed by atoms with Gasteiger partial charge in [0.25, 0.3) is 11.8 Å². The lowest BCUT2D eigenvalue weighted by Crippen LogP contribution is -2.46. The third-order valence-electron chi connectivity index (χ3n) is 8.47. The molecule has 0 radical (unpaired) electrons. The van der Waals surface area contributed by atoms with Crippen molar-refractivity contribution in [2.24, 2.45) is 5.92 Å². The molecule has 2 fully saturated rings. The van der Waals surface area contributed by atoms with Crippen molar-refractivity contribution in [3.05, 3.63) is 101 Å². The second-order valence-corrected chi connectivity index (χ2v) is 10.9. The first-order chi connectivity index (χ1) is 19.5. The van der Waals surface area contributed by atoms with E-state index in [1.54, 1.807) is 36.4 Å². The summed E-state index contributed by atoms with van der Waals surface area (Å²) in [7, 11) is 0. The fourth-order valence-electron chi connectivity index (χ4n) is 6.11. The molecule has 3 aromatic carbocycles. The maximum Gasteiger partial charge on any atom is 0.266 e. The normalized spacial score (nSPS) is 26.9. The van der Waals surface area contributed by atoms with Gasteiger partial charge in [-0.25, -0.2) is 4.90 Å². The summed E-state index contributed by atoms with van der Waals surface area (Å²) in [6, 6.07) is 22.0. The minimum atomic E-state index is -0.657. The van der Waals surface area contributed by atoms with Gasteiger partial charge in [-0.15, -0.1) is 0 Å². The number of carbonyl (C=O) groups is 2. The molecule has 0 aliphatic carbocycles. The van der Waals surface area contributed by atoms with Crippen molar-refractivity contribution < 1.29 is 29.3 Å². The standard InChI is InChI=1S/C32H34N2O6/c1-20-28(17-33-16-4-5-25(33)19-36)39-32(40-29(20)22-10-8-21(18-35)9-11-22)23-12-14-24(15-13-23)34-30(37)26-6-2-3-7-27(26)31(34)38/h2-3,6-15,20,25,28-29,32,35-36H,4-5,16-19H2,1H3. The van der Waals surface area contributed by atoms with Gasteiger partial charge in [0, 0.05) is 24.1 Å². The van der Waals surface area contributed by atoms with Gasteiger partial charge in [0.05, 0.1) is 42.2 Å². The number of carbonyl (C=O) groups excluding carboxylic acids is 2. The van der Waals surface area contributed by atoms with Crippen LogP contribution in [0.2, 0.25) is 0 Å². The van der Waals surface area contributed by atoms with Gasteiger partial charge in [-0.2, -0.15) is 0 Å². The summed E-state index contributed by atoms with van der Waals surface area (Å²) in [4.78, 5) is 29.4. The van der Waals surface area contributed by atoms with E-state index in [0.717, 1.165) is 36.1 Å². The molecule has 5 atom stereocenters. The highest BCUT2D eigenvalue weighted by Gasteiger charge is 2.41. The third-order valence-corrected chi connectivity index (χ3v) is 8.47. The van der Waals surface area contributed by atoms with Crippen LogP contribution in [0, 0.1) is 5.92 Å². The summed E-state index contributed by atoms with van der Waals surface area (Å²) in [5, 5.41) is 19.4. The van der Waals surface area contributed by atoms with Crippen LogP contribution in [0.3, 0.4) is 0 Å². The van der Waals surface area contributed by atoms with Crippen LogP contribution in [-0.2, 0) is 16.1 Å². The summed E-state index contributed by atoms with van der Waals surface area (Å²) in [6.45, 7) is 3.85. The van der Waals surface area contributed by atoms with E-state index >= 15 is 0 Å². The average Bonchev–Trinajstić information content (AvgIpc) is 3.55. The Morgan fingerprint density at radius 3 is 2.12 bits per heavy atom. The van der Waals surface area contributed by atoms with Gasteiger partial charge < -0.3 is 19.7 Å². The van der Waals surface area contributed by atoms with Crippen LogP contribution >= 0.6 is 0 Å². The van der Waals surface area contributed by atoms with E-state index in [4.69, 9.17) is 9.47 Å². The second-order valence-electron chi connectivity index (χ2n) is 10.9. The molecule has 3 aliphatic rings. The zero-order chi connectivity index (χ0) is 27.8. The predicted molar refractivity (Wildman–Crippen MR) is 149 cm³/mol. The minimum absolute atomic E-state index is 0.0212. The van der Waals surface area contributed by atoms with E-state index in [9.17, 15) is 19.8 Å². The van der Waals surface area contributed by atoms with Crippen molar-refractivity contribution in [1.29, 1.82) is 0 Å². The number of hydrogen-bond acceptors (Lipinski definition) is 7. The van der Waals surface area contributed by atoms with Crippen LogP contribution in [0.5, 0.6) is 0 Å². The highest BCUT2D eigenvalue weighted by molar-refractivity contribution is 6.34. The lowest BCUT2D eigenvalue weighted by Gasteiger charge is -2.43. The fraction of sp³-hybridized carbons (Fsp3) is 0.375. The highest BCUT2D eigenvalue weighted by atomic mass is 16.7. The number of anilines is 1. The molecule has 208 valence electrons. The van der Waals surface area contributed by atoms with Crippen molar-refractivity contribution in [2.45, 2.75) is 50.9 Å². The van der Waals surface area contributed by atoms with Gasteiger partial charge in [0.15, 0.2) is 6.29 Å². The van der Waals surface area contributed by atoms with Crippen molar-refractivity contribution >= 4 is 17.5 Å². The zero-order valence-electron chi connectivity index (χ0n) is 22.5. The van der Waals surface area contributed by atoms with E-state index in [2.05, 4.69) is 11.8 Å². The van der Waals surface area contributed by atoms with E-state index < -0.39 is 6.29 Å².